The largest absolute Gasteiger partial charge is 0.336 e. The first-order chi connectivity index (χ1) is 10.6. The van der Waals surface area contributed by atoms with Crippen molar-refractivity contribution in [2.24, 2.45) is 5.92 Å². The molecule has 0 spiro atoms. The number of H-pyrrole nitrogens is 2. The third-order valence-corrected chi connectivity index (χ3v) is 3.27. The number of fused-ring (bicyclic) bond motifs is 1. The second-order valence-electron chi connectivity index (χ2n) is 5.62. The van der Waals surface area contributed by atoms with E-state index in [1.807, 2.05) is 23.1 Å². The number of anilines is 1. The van der Waals surface area contributed by atoms with Crippen molar-refractivity contribution < 1.29 is 0 Å². The fourth-order valence-corrected chi connectivity index (χ4v) is 2.34. The fourth-order valence-electron chi connectivity index (χ4n) is 2.34. The third kappa shape index (κ3) is 2.98. The highest BCUT2D eigenvalue weighted by molar-refractivity contribution is 5.73. The summed E-state index contributed by atoms with van der Waals surface area (Å²) in [7, 11) is 0. The van der Waals surface area contributed by atoms with Crippen LogP contribution in [0.3, 0.4) is 0 Å². The molecule has 0 aliphatic carbocycles. The molecule has 0 amide bonds. The van der Waals surface area contributed by atoms with Gasteiger partial charge >= 0.3 is 0 Å². The predicted molar refractivity (Wildman–Crippen MR) is 84.6 cm³/mol. The lowest BCUT2D eigenvalue weighted by Gasteiger charge is -2.24. The summed E-state index contributed by atoms with van der Waals surface area (Å²) < 4.78 is 0. The second-order valence-corrected chi connectivity index (χ2v) is 5.62. The smallest absolute Gasteiger partial charge is 0.263 e. The highest BCUT2D eigenvalue weighted by atomic mass is 16.1. The Morgan fingerprint density at radius 2 is 2.18 bits per heavy atom. The van der Waals surface area contributed by atoms with Gasteiger partial charge in [-0.3, -0.25) is 19.9 Å². The Labute approximate surface area is 127 Å². The van der Waals surface area contributed by atoms with E-state index in [1.165, 1.54) is 6.20 Å². The van der Waals surface area contributed by atoms with Gasteiger partial charge in [-0.25, -0.2) is 0 Å². The van der Waals surface area contributed by atoms with Gasteiger partial charge in [-0.1, -0.05) is 19.9 Å². The molecule has 0 aliphatic rings. The molecular weight excluding hydrogens is 280 g/mol. The molecule has 3 heterocycles. The van der Waals surface area contributed by atoms with Gasteiger partial charge < -0.3 is 4.90 Å². The molecule has 0 aliphatic heterocycles. The Balaban J connectivity index is 1.98. The zero-order chi connectivity index (χ0) is 15.5. The van der Waals surface area contributed by atoms with Crippen molar-refractivity contribution in [3.05, 3.63) is 46.6 Å². The van der Waals surface area contributed by atoms with Crippen molar-refractivity contribution in [3.63, 3.8) is 0 Å². The van der Waals surface area contributed by atoms with E-state index in [-0.39, 0.29) is 5.56 Å². The number of aromatic amines is 2. The third-order valence-electron chi connectivity index (χ3n) is 3.27. The number of nitrogens with zero attached hydrogens (tertiary/aromatic N) is 4. The maximum absolute atomic E-state index is 12.1. The molecule has 114 valence electrons. The molecule has 3 aromatic rings. The van der Waals surface area contributed by atoms with Crippen LogP contribution in [-0.2, 0) is 6.54 Å². The van der Waals surface area contributed by atoms with Gasteiger partial charge in [-0.15, -0.1) is 0 Å². The molecule has 22 heavy (non-hydrogen) atoms. The van der Waals surface area contributed by atoms with Crippen molar-refractivity contribution in [2.45, 2.75) is 20.4 Å². The number of nitrogens with one attached hydrogen (secondary N) is 2. The van der Waals surface area contributed by atoms with Gasteiger partial charge in [0.25, 0.3) is 5.56 Å². The quantitative estimate of drug-likeness (QED) is 0.748. The van der Waals surface area contributed by atoms with Crippen molar-refractivity contribution in [3.8, 4) is 0 Å². The van der Waals surface area contributed by atoms with Gasteiger partial charge in [0.1, 0.15) is 5.39 Å². The maximum atomic E-state index is 12.1. The Hall–Kier alpha value is -2.70. The molecule has 0 bridgehead atoms. The predicted octanol–water partition coefficient (Wildman–Crippen LogP) is 1.70. The maximum Gasteiger partial charge on any atom is 0.263 e. The molecule has 3 aromatic heterocycles. The van der Waals surface area contributed by atoms with Crippen LogP contribution < -0.4 is 10.5 Å². The van der Waals surface area contributed by atoms with Gasteiger partial charge in [-0.05, 0) is 18.1 Å². The van der Waals surface area contributed by atoms with Crippen molar-refractivity contribution in [1.29, 1.82) is 0 Å². The lowest BCUT2D eigenvalue weighted by molar-refractivity contribution is 0.595. The topological polar surface area (TPSA) is 90.6 Å². The Morgan fingerprint density at radius 3 is 2.91 bits per heavy atom. The molecule has 0 unspecified atom stereocenters. The minimum absolute atomic E-state index is 0.191. The van der Waals surface area contributed by atoms with Gasteiger partial charge in [-0.2, -0.15) is 10.1 Å². The average molecular weight is 298 g/mol. The van der Waals surface area contributed by atoms with Crippen LogP contribution in [0.15, 0.2) is 35.4 Å². The first kappa shape index (κ1) is 14.2. The molecule has 3 rings (SSSR count). The molecule has 7 heteroatoms. The number of hydrogen-bond acceptors (Lipinski definition) is 5. The molecule has 0 radical (unpaired) electrons. The molecule has 0 aromatic carbocycles. The van der Waals surface area contributed by atoms with E-state index in [2.05, 4.69) is 39.0 Å². The number of hydrogen-bond donors (Lipinski definition) is 2. The van der Waals surface area contributed by atoms with E-state index in [1.54, 1.807) is 6.20 Å². The summed E-state index contributed by atoms with van der Waals surface area (Å²) in [4.78, 5) is 25.8. The van der Waals surface area contributed by atoms with Crippen LogP contribution in [0, 0.1) is 5.92 Å². The van der Waals surface area contributed by atoms with Crippen LogP contribution >= 0.6 is 0 Å². The first-order valence-corrected chi connectivity index (χ1v) is 7.21. The van der Waals surface area contributed by atoms with Crippen LogP contribution in [-0.4, -0.2) is 31.7 Å². The number of aromatic nitrogens is 5. The van der Waals surface area contributed by atoms with Crippen LogP contribution in [0.4, 0.5) is 5.95 Å². The molecule has 2 N–H and O–H groups in total. The summed E-state index contributed by atoms with van der Waals surface area (Å²) in [6, 6.07) is 5.79. The first-order valence-electron chi connectivity index (χ1n) is 7.21. The van der Waals surface area contributed by atoms with Crippen molar-refractivity contribution >= 4 is 17.0 Å². The van der Waals surface area contributed by atoms with E-state index in [0.29, 0.717) is 29.4 Å². The summed E-state index contributed by atoms with van der Waals surface area (Å²) in [5.41, 5.74) is 1.23. The minimum atomic E-state index is -0.191. The second kappa shape index (κ2) is 5.97. The van der Waals surface area contributed by atoms with Crippen molar-refractivity contribution in [2.75, 3.05) is 11.4 Å². The van der Waals surface area contributed by atoms with Crippen LogP contribution in [0.5, 0.6) is 0 Å². The highest BCUT2D eigenvalue weighted by Gasteiger charge is 2.15. The highest BCUT2D eigenvalue weighted by Crippen LogP contribution is 2.14. The summed E-state index contributed by atoms with van der Waals surface area (Å²) in [5.74, 6) is 0.951. The number of pyridine rings is 1. The van der Waals surface area contributed by atoms with E-state index < -0.39 is 0 Å². The average Bonchev–Trinajstić information content (AvgIpc) is 2.96. The summed E-state index contributed by atoms with van der Waals surface area (Å²) in [6.07, 6.45) is 3.24. The molecule has 0 fully saturated rings. The van der Waals surface area contributed by atoms with Crippen LogP contribution in [0.25, 0.3) is 11.0 Å². The van der Waals surface area contributed by atoms with E-state index in [4.69, 9.17) is 0 Å². The standard InChI is InChI=1S/C15H18N6O/c1-10(2)8-21(9-11-5-3-4-6-16-11)15-18-13-12(7-17-20-13)14(22)19-15/h3-7,10H,8-9H2,1-2H3,(H2,17,18,19,20,22). The minimum Gasteiger partial charge on any atom is -0.336 e. The molecular formula is C15H18N6O. The van der Waals surface area contributed by atoms with Gasteiger partial charge in [0.05, 0.1) is 18.4 Å². The molecule has 7 nitrogen and oxygen atoms in total. The molecule has 0 saturated carbocycles. The SMILES string of the molecule is CC(C)CN(Cc1ccccn1)c1nc2[nH]ncc2c(=O)[nH]1. The van der Waals surface area contributed by atoms with E-state index in [9.17, 15) is 4.79 Å². The zero-order valence-corrected chi connectivity index (χ0v) is 12.6. The molecule has 0 saturated heterocycles. The monoisotopic (exact) mass is 298 g/mol. The number of rotatable bonds is 5. The summed E-state index contributed by atoms with van der Waals surface area (Å²) in [5, 5.41) is 7.08. The van der Waals surface area contributed by atoms with Gasteiger partial charge in [0, 0.05) is 12.7 Å². The zero-order valence-electron chi connectivity index (χ0n) is 12.6. The van der Waals surface area contributed by atoms with Gasteiger partial charge in [0.15, 0.2) is 5.65 Å². The molecule has 0 atom stereocenters. The van der Waals surface area contributed by atoms with E-state index >= 15 is 0 Å². The lowest BCUT2D eigenvalue weighted by Crippen LogP contribution is -2.30. The Morgan fingerprint density at radius 1 is 1.32 bits per heavy atom. The Kier molecular flexibility index (Phi) is 3.86. The normalized spacial score (nSPS) is 11.2. The lowest BCUT2D eigenvalue weighted by atomic mass is 10.2. The fraction of sp³-hybridized carbons (Fsp3) is 0.333. The van der Waals surface area contributed by atoms with Crippen molar-refractivity contribution in [1.82, 2.24) is 25.1 Å². The summed E-state index contributed by atoms with van der Waals surface area (Å²) >= 11 is 0. The van der Waals surface area contributed by atoms with Gasteiger partial charge in [0.2, 0.25) is 5.95 Å². The summed E-state index contributed by atoms with van der Waals surface area (Å²) in [6.45, 7) is 5.59. The van der Waals surface area contributed by atoms with Crippen LogP contribution in [0.2, 0.25) is 0 Å². The van der Waals surface area contributed by atoms with Crippen LogP contribution in [0.1, 0.15) is 19.5 Å². The Bertz CT molecular complexity index is 808. The van der Waals surface area contributed by atoms with E-state index in [0.717, 1.165) is 12.2 Å².